The minimum absolute atomic E-state index is 0.198. The van der Waals surface area contributed by atoms with Gasteiger partial charge in [-0.15, -0.1) is 0 Å². The number of rotatable bonds is 17. The smallest absolute Gasteiger partial charge is 0.323 e. The van der Waals surface area contributed by atoms with Crippen LogP contribution in [0.4, 0.5) is 4.79 Å². The number of likely N-dealkylation sites (tertiary alicyclic amines) is 1. The van der Waals surface area contributed by atoms with Gasteiger partial charge in [0.15, 0.2) is 0 Å². The number of nitrogens with one attached hydrogen (secondary N) is 1. The Labute approximate surface area is 226 Å². The van der Waals surface area contributed by atoms with E-state index in [-0.39, 0.29) is 24.3 Å². The van der Waals surface area contributed by atoms with Crippen molar-refractivity contribution in [2.45, 2.75) is 148 Å². The lowest BCUT2D eigenvalue weighted by atomic mass is 9.69. The first-order valence-corrected chi connectivity index (χ1v) is 16.1. The Morgan fingerprint density at radius 2 is 1.16 bits per heavy atom. The van der Waals surface area contributed by atoms with Crippen molar-refractivity contribution in [1.82, 2.24) is 14.9 Å². The standard InChI is InChI=1S/C28H54N3O5P/c1-8-10-12-14-16-18-20-35-37(34,36-21-19-17-15-13-11-9-2)31-24(32)28(29-25(31)33)22-26(3,4)30(7)27(5,6)23-28/h8-23H2,1-7H3,(H,29,33). The summed E-state index contributed by atoms with van der Waals surface area (Å²) in [4.78, 5) is 29.4. The number of urea groups is 1. The second kappa shape index (κ2) is 13.9. The molecule has 2 fully saturated rings. The summed E-state index contributed by atoms with van der Waals surface area (Å²) in [6.07, 6.45) is 13.5. The Kier molecular flexibility index (Phi) is 12.1. The van der Waals surface area contributed by atoms with Crippen LogP contribution in [-0.4, -0.2) is 58.4 Å². The molecule has 2 aliphatic rings. The van der Waals surface area contributed by atoms with Crippen LogP contribution in [0.2, 0.25) is 0 Å². The van der Waals surface area contributed by atoms with Crippen molar-refractivity contribution in [3.05, 3.63) is 0 Å². The summed E-state index contributed by atoms with van der Waals surface area (Å²) in [5, 5.41) is 2.93. The average Bonchev–Trinajstić information content (AvgIpc) is 3.04. The minimum atomic E-state index is -4.14. The lowest BCUT2D eigenvalue weighted by Gasteiger charge is -2.56. The van der Waals surface area contributed by atoms with E-state index in [1.54, 1.807) is 0 Å². The van der Waals surface area contributed by atoms with Gasteiger partial charge in [-0.2, -0.15) is 4.67 Å². The minimum Gasteiger partial charge on any atom is -0.323 e. The van der Waals surface area contributed by atoms with Gasteiger partial charge in [-0.05, 0) is 60.4 Å². The van der Waals surface area contributed by atoms with Crippen molar-refractivity contribution in [2.24, 2.45) is 0 Å². The topological polar surface area (TPSA) is 88.2 Å². The number of carbonyl (C=O) groups is 2. The van der Waals surface area contributed by atoms with Crippen molar-refractivity contribution in [2.75, 3.05) is 20.3 Å². The predicted octanol–water partition coefficient (Wildman–Crippen LogP) is 7.42. The van der Waals surface area contributed by atoms with Crippen LogP contribution < -0.4 is 5.32 Å². The van der Waals surface area contributed by atoms with Crippen LogP contribution in [0.15, 0.2) is 0 Å². The number of nitrogens with zero attached hydrogens (tertiary/aromatic N) is 2. The van der Waals surface area contributed by atoms with Gasteiger partial charge in [0, 0.05) is 11.1 Å². The van der Waals surface area contributed by atoms with Crippen LogP contribution in [-0.2, 0) is 18.4 Å². The quantitative estimate of drug-likeness (QED) is 0.117. The molecular formula is C28H54N3O5P. The van der Waals surface area contributed by atoms with Crippen LogP contribution in [0.1, 0.15) is 131 Å². The number of carbonyl (C=O) groups excluding carboxylic acids is 2. The fourth-order valence-electron chi connectivity index (χ4n) is 5.94. The molecule has 2 saturated heterocycles. The Bertz CT molecular complexity index is 761. The first-order valence-electron chi connectivity index (χ1n) is 14.7. The van der Waals surface area contributed by atoms with Gasteiger partial charge in [0.25, 0.3) is 5.91 Å². The third kappa shape index (κ3) is 8.27. The van der Waals surface area contributed by atoms with Gasteiger partial charge >= 0.3 is 13.8 Å². The highest BCUT2D eigenvalue weighted by molar-refractivity contribution is 7.53. The average molecular weight is 544 g/mol. The summed E-state index contributed by atoms with van der Waals surface area (Å²) in [6.45, 7) is 13.0. The van der Waals surface area contributed by atoms with Crippen molar-refractivity contribution in [3.63, 3.8) is 0 Å². The van der Waals surface area contributed by atoms with E-state index in [2.05, 4.69) is 51.8 Å². The second-order valence-electron chi connectivity index (χ2n) is 12.3. The molecule has 0 saturated carbocycles. The number of hydrogen-bond acceptors (Lipinski definition) is 6. The third-order valence-electron chi connectivity index (χ3n) is 8.17. The summed E-state index contributed by atoms with van der Waals surface area (Å²) in [5.74, 6) is -0.485. The third-order valence-corrected chi connectivity index (χ3v) is 10.0. The highest BCUT2D eigenvalue weighted by atomic mass is 31.2. The zero-order chi connectivity index (χ0) is 27.7. The van der Waals surface area contributed by atoms with Gasteiger partial charge in [-0.3, -0.25) is 18.7 Å². The van der Waals surface area contributed by atoms with Crippen molar-refractivity contribution in [1.29, 1.82) is 0 Å². The molecular weight excluding hydrogens is 489 g/mol. The van der Waals surface area contributed by atoms with Gasteiger partial charge in [-0.25, -0.2) is 9.36 Å². The van der Waals surface area contributed by atoms with E-state index >= 15 is 0 Å². The van der Waals surface area contributed by atoms with Crippen LogP contribution in [0.3, 0.4) is 0 Å². The molecule has 8 nitrogen and oxygen atoms in total. The Morgan fingerprint density at radius 3 is 1.59 bits per heavy atom. The SMILES string of the molecule is CCCCCCCCOP(=O)(OCCCCCCCC)N1C(=O)NC2(CC(C)(C)N(C)C(C)(C)C2)C1=O. The molecule has 0 atom stereocenters. The summed E-state index contributed by atoms with van der Waals surface area (Å²) in [6, 6.07) is -0.671. The number of piperidine rings is 1. The zero-order valence-corrected chi connectivity index (χ0v) is 25.6. The molecule has 2 heterocycles. The first kappa shape index (κ1) is 32.3. The lowest BCUT2D eigenvalue weighted by molar-refractivity contribution is -0.137. The van der Waals surface area contributed by atoms with E-state index in [1.165, 1.54) is 25.7 Å². The van der Waals surface area contributed by atoms with Gasteiger partial charge in [0.2, 0.25) is 0 Å². The molecule has 3 amide bonds. The van der Waals surface area contributed by atoms with E-state index < -0.39 is 25.2 Å². The second-order valence-corrected chi connectivity index (χ2v) is 14.2. The van der Waals surface area contributed by atoms with Crippen molar-refractivity contribution in [3.8, 4) is 0 Å². The summed E-state index contributed by atoms with van der Waals surface area (Å²) in [5.41, 5.74) is -1.81. The predicted molar refractivity (Wildman–Crippen MR) is 150 cm³/mol. The van der Waals surface area contributed by atoms with Crippen LogP contribution in [0.25, 0.3) is 0 Å². The molecule has 0 unspecified atom stereocenters. The first-order chi connectivity index (χ1) is 17.4. The lowest BCUT2D eigenvalue weighted by Crippen LogP contribution is -2.68. The van der Waals surface area contributed by atoms with Crippen LogP contribution in [0.5, 0.6) is 0 Å². The highest BCUT2D eigenvalue weighted by Crippen LogP contribution is 2.57. The molecule has 2 aliphatic heterocycles. The van der Waals surface area contributed by atoms with Crippen LogP contribution in [0, 0.1) is 0 Å². The number of imide groups is 1. The molecule has 37 heavy (non-hydrogen) atoms. The van der Waals surface area contributed by atoms with E-state index in [0.717, 1.165) is 43.2 Å². The van der Waals surface area contributed by atoms with E-state index in [9.17, 15) is 14.2 Å². The molecule has 0 aromatic rings. The molecule has 9 heteroatoms. The van der Waals surface area contributed by atoms with E-state index in [4.69, 9.17) is 9.05 Å². The van der Waals surface area contributed by atoms with E-state index in [1.807, 2.05) is 7.05 Å². The molecule has 0 radical (unpaired) electrons. The van der Waals surface area contributed by atoms with Crippen LogP contribution >= 0.6 is 7.75 Å². The summed E-state index contributed by atoms with van der Waals surface area (Å²) in [7, 11) is -2.09. The molecule has 0 aromatic carbocycles. The number of unbranched alkanes of at least 4 members (excludes halogenated alkanes) is 10. The monoisotopic (exact) mass is 543 g/mol. The molecule has 0 aromatic heterocycles. The van der Waals surface area contributed by atoms with Gasteiger partial charge in [0.1, 0.15) is 5.54 Å². The highest BCUT2D eigenvalue weighted by Gasteiger charge is 2.64. The maximum atomic E-state index is 14.1. The molecule has 0 aliphatic carbocycles. The maximum Gasteiger partial charge on any atom is 0.445 e. The number of hydrogen-bond donors (Lipinski definition) is 1. The van der Waals surface area contributed by atoms with Crippen molar-refractivity contribution < 1.29 is 23.2 Å². The number of amides is 3. The maximum absolute atomic E-state index is 14.1. The molecule has 0 bridgehead atoms. The summed E-state index contributed by atoms with van der Waals surface area (Å²) < 4.78 is 26.6. The van der Waals surface area contributed by atoms with Crippen molar-refractivity contribution >= 4 is 19.7 Å². The normalized spacial score (nSPS) is 21.1. The van der Waals surface area contributed by atoms with Gasteiger partial charge < -0.3 is 5.32 Å². The molecule has 1 N–H and O–H groups in total. The van der Waals surface area contributed by atoms with Gasteiger partial charge in [0.05, 0.1) is 13.2 Å². The molecule has 216 valence electrons. The Balaban J connectivity index is 2.14. The van der Waals surface area contributed by atoms with E-state index in [0.29, 0.717) is 25.7 Å². The summed E-state index contributed by atoms with van der Waals surface area (Å²) >= 11 is 0. The molecule has 1 spiro atoms. The largest absolute Gasteiger partial charge is 0.445 e. The Hall–Kier alpha value is -0.950. The fraction of sp³-hybridized carbons (Fsp3) is 0.929. The van der Waals surface area contributed by atoms with Gasteiger partial charge in [-0.1, -0.05) is 78.1 Å². The fourth-order valence-corrected chi connectivity index (χ4v) is 7.65. The zero-order valence-electron chi connectivity index (χ0n) is 24.7. The molecule has 2 rings (SSSR count). The Morgan fingerprint density at radius 1 is 0.757 bits per heavy atom.